The van der Waals surface area contributed by atoms with Crippen LogP contribution in [0.4, 0.5) is 4.79 Å². The van der Waals surface area contributed by atoms with Crippen LogP contribution in [0.5, 0.6) is 11.6 Å². The number of para-hydroxylation sites is 1. The molecule has 0 aliphatic carbocycles. The first-order valence-electron chi connectivity index (χ1n) is 8.75. The summed E-state index contributed by atoms with van der Waals surface area (Å²) in [5.74, 6) is 0.992. The molecule has 1 amide bonds. The van der Waals surface area contributed by atoms with E-state index in [0.717, 1.165) is 17.0 Å². The van der Waals surface area contributed by atoms with Gasteiger partial charge in [-0.1, -0.05) is 18.2 Å². The second-order valence-corrected chi connectivity index (χ2v) is 6.64. The molecule has 4 rings (SSSR count). The van der Waals surface area contributed by atoms with Crippen LogP contribution in [-0.4, -0.2) is 41.8 Å². The van der Waals surface area contributed by atoms with Crippen LogP contribution < -0.4 is 9.47 Å². The van der Waals surface area contributed by atoms with Crippen molar-refractivity contribution in [1.29, 1.82) is 5.26 Å². The van der Waals surface area contributed by atoms with E-state index in [-0.39, 0.29) is 24.6 Å². The minimum Gasteiger partial charge on any atom is -0.486 e. The van der Waals surface area contributed by atoms with Crippen molar-refractivity contribution in [2.75, 3.05) is 13.7 Å². The third kappa shape index (κ3) is 3.04. The van der Waals surface area contributed by atoms with E-state index in [1.54, 1.807) is 17.0 Å². The van der Waals surface area contributed by atoms with Gasteiger partial charge in [0.2, 0.25) is 5.88 Å². The summed E-state index contributed by atoms with van der Waals surface area (Å²) in [4.78, 5) is 18.4. The number of amides is 1. The maximum absolute atomic E-state index is 12.4. The summed E-state index contributed by atoms with van der Waals surface area (Å²) in [6.07, 6.45) is -0.541. The summed E-state index contributed by atoms with van der Waals surface area (Å²) >= 11 is 0. The van der Waals surface area contributed by atoms with Crippen molar-refractivity contribution in [3.05, 3.63) is 53.2 Å². The van der Waals surface area contributed by atoms with Gasteiger partial charge in [-0.25, -0.2) is 9.78 Å². The van der Waals surface area contributed by atoms with E-state index in [9.17, 15) is 10.1 Å². The van der Waals surface area contributed by atoms with Crippen molar-refractivity contribution in [2.45, 2.75) is 31.6 Å². The number of carbonyl (C=O) groups is 1. The Morgan fingerprint density at radius 1 is 1.33 bits per heavy atom. The normalized spacial score (nSPS) is 22.9. The molecule has 7 heteroatoms. The van der Waals surface area contributed by atoms with E-state index in [2.05, 4.69) is 11.1 Å². The van der Waals surface area contributed by atoms with Gasteiger partial charge in [0.25, 0.3) is 0 Å². The third-order valence-corrected chi connectivity index (χ3v) is 4.97. The molecule has 27 heavy (non-hydrogen) atoms. The largest absolute Gasteiger partial charge is 0.486 e. The lowest BCUT2D eigenvalue weighted by Crippen LogP contribution is -2.56. The van der Waals surface area contributed by atoms with Gasteiger partial charge in [-0.3, -0.25) is 4.90 Å². The van der Waals surface area contributed by atoms with Crippen LogP contribution in [0, 0.1) is 18.3 Å². The third-order valence-electron chi connectivity index (χ3n) is 4.97. The fraction of sp³-hybridized carbons (Fsp3) is 0.350. The lowest BCUT2D eigenvalue weighted by atomic mass is 9.88. The number of benzene rings is 1. The number of ether oxygens (including phenoxy) is 3. The molecule has 2 aromatic rings. The van der Waals surface area contributed by atoms with Gasteiger partial charge < -0.3 is 14.2 Å². The molecule has 0 saturated carbocycles. The summed E-state index contributed by atoms with van der Waals surface area (Å²) in [7, 11) is 1.37. The number of carbonyl (C=O) groups excluding carboxylic acids is 1. The molecule has 2 aliphatic rings. The number of aromatic nitrogens is 1. The van der Waals surface area contributed by atoms with Crippen molar-refractivity contribution in [3.8, 4) is 17.7 Å². The van der Waals surface area contributed by atoms with E-state index in [1.807, 2.05) is 31.2 Å². The monoisotopic (exact) mass is 365 g/mol. The van der Waals surface area contributed by atoms with Gasteiger partial charge in [-0.15, -0.1) is 0 Å². The number of nitrogens with zero attached hydrogens (tertiary/aromatic N) is 3. The number of methoxy groups -OCH3 is 1. The number of piperidine rings is 1. The molecule has 1 aromatic carbocycles. The molecule has 3 heterocycles. The highest BCUT2D eigenvalue weighted by molar-refractivity contribution is 5.69. The first-order chi connectivity index (χ1) is 13.1. The van der Waals surface area contributed by atoms with Crippen LogP contribution >= 0.6 is 0 Å². The second kappa shape index (κ2) is 6.80. The number of likely N-dealkylation sites (tertiary alicyclic amines) is 1. The Morgan fingerprint density at radius 3 is 2.93 bits per heavy atom. The number of fused-ring (bicyclic) bond motifs is 4. The maximum Gasteiger partial charge on any atom is 0.410 e. The zero-order valence-corrected chi connectivity index (χ0v) is 15.1. The minimum atomic E-state index is -0.463. The van der Waals surface area contributed by atoms with Gasteiger partial charge in [-0.2, -0.15) is 5.26 Å². The molecule has 7 nitrogen and oxygen atoms in total. The molecule has 0 N–H and O–H groups in total. The average Bonchev–Trinajstić information content (AvgIpc) is 2.69. The second-order valence-electron chi connectivity index (χ2n) is 6.64. The number of rotatable bonds is 2. The Kier molecular flexibility index (Phi) is 4.32. The molecule has 2 aliphatic heterocycles. The molecule has 0 unspecified atom stereocenters. The highest BCUT2D eigenvalue weighted by Gasteiger charge is 2.46. The van der Waals surface area contributed by atoms with E-state index in [1.165, 1.54) is 7.11 Å². The van der Waals surface area contributed by atoms with Crippen molar-refractivity contribution in [1.82, 2.24) is 9.88 Å². The Balaban J connectivity index is 1.69. The van der Waals surface area contributed by atoms with Gasteiger partial charge in [-0.05, 0) is 25.1 Å². The van der Waals surface area contributed by atoms with Crippen LogP contribution in [0.25, 0.3) is 0 Å². The van der Waals surface area contributed by atoms with Crippen LogP contribution in [0.3, 0.4) is 0 Å². The lowest BCUT2D eigenvalue weighted by molar-refractivity contribution is -0.0483. The van der Waals surface area contributed by atoms with E-state index >= 15 is 0 Å². The fourth-order valence-corrected chi connectivity index (χ4v) is 3.67. The molecular formula is C20H19N3O4. The summed E-state index contributed by atoms with van der Waals surface area (Å²) in [5.41, 5.74) is 2.06. The van der Waals surface area contributed by atoms with E-state index in [4.69, 9.17) is 14.2 Å². The molecule has 3 atom stereocenters. The van der Waals surface area contributed by atoms with Crippen LogP contribution in [0.1, 0.15) is 29.3 Å². The molecule has 138 valence electrons. The molecule has 1 fully saturated rings. The van der Waals surface area contributed by atoms with Gasteiger partial charge >= 0.3 is 6.09 Å². The summed E-state index contributed by atoms with van der Waals surface area (Å²) in [6, 6.07) is 13.1. The Hall–Kier alpha value is -3.27. The van der Waals surface area contributed by atoms with Gasteiger partial charge in [0.1, 0.15) is 23.5 Å². The minimum absolute atomic E-state index is 0.131. The summed E-state index contributed by atoms with van der Waals surface area (Å²) < 4.78 is 17.2. The first-order valence-corrected chi connectivity index (χ1v) is 8.75. The predicted molar refractivity (Wildman–Crippen MR) is 95.4 cm³/mol. The van der Waals surface area contributed by atoms with Crippen molar-refractivity contribution in [3.63, 3.8) is 0 Å². The standard InChI is InChI=1S/C20H19N3O4/c1-12-7-8-13(10-21)19(22-12)27-18-11-23(20(24)25-2)15-9-17(18)26-16-6-4-3-5-14(15)16/h3-8,15,17-18H,9,11H2,1-2H3/t15-,17-,18+/m1/s1. The lowest BCUT2D eigenvalue weighted by Gasteiger charge is -2.46. The van der Waals surface area contributed by atoms with Gasteiger partial charge in [0, 0.05) is 17.7 Å². The SMILES string of the molecule is COC(=O)N1C[C@H](Oc2nc(C)ccc2C#N)[C@H]2C[C@@H]1c1ccccc1O2. The van der Waals surface area contributed by atoms with Crippen LogP contribution in [0.15, 0.2) is 36.4 Å². The molecule has 1 saturated heterocycles. The number of hydrogen-bond donors (Lipinski definition) is 0. The summed E-state index contributed by atoms with van der Waals surface area (Å²) in [6.45, 7) is 2.12. The van der Waals surface area contributed by atoms with E-state index < -0.39 is 12.2 Å². The molecule has 0 radical (unpaired) electrons. The van der Waals surface area contributed by atoms with Gasteiger partial charge in [0.05, 0.1) is 19.7 Å². The Labute approximate surface area is 157 Å². The number of nitriles is 1. The maximum atomic E-state index is 12.4. The van der Waals surface area contributed by atoms with Crippen LogP contribution in [0.2, 0.25) is 0 Å². The quantitative estimate of drug-likeness (QED) is 0.813. The summed E-state index contributed by atoms with van der Waals surface area (Å²) in [5, 5.41) is 9.34. The van der Waals surface area contributed by atoms with Crippen molar-refractivity contribution in [2.24, 2.45) is 0 Å². The fourth-order valence-electron chi connectivity index (χ4n) is 3.67. The molecule has 2 bridgehead atoms. The highest BCUT2D eigenvalue weighted by Crippen LogP contribution is 2.43. The Morgan fingerprint density at radius 2 is 2.15 bits per heavy atom. The zero-order valence-electron chi connectivity index (χ0n) is 15.1. The number of hydrogen-bond acceptors (Lipinski definition) is 6. The van der Waals surface area contributed by atoms with Crippen LogP contribution in [-0.2, 0) is 4.74 Å². The molecule has 0 spiro atoms. The van der Waals surface area contributed by atoms with E-state index in [0.29, 0.717) is 12.0 Å². The zero-order chi connectivity index (χ0) is 19.0. The molecular weight excluding hydrogens is 346 g/mol. The molecule has 1 aromatic heterocycles. The van der Waals surface area contributed by atoms with Gasteiger partial charge in [0.15, 0.2) is 6.10 Å². The smallest absolute Gasteiger partial charge is 0.410 e. The number of aryl methyl sites for hydroxylation is 1. The topological polar surface area (TPSA) is 84.7 Å². The van der Waals surface area contributed by atoms with Crippen molar-refractivity contribution < 1.29 is 19.0 Å². The number of pyridine rings is 1. The first kappa shape index (κ1) is 17.2. The Bertz CT molecular complexity index is 924. The van der Waals surface area contributed by atoms with Crippen molar-refractivity contribution >= 4 is 6.09 Å². The average molecular weight is 365 g/mol. The highest BCUT2D eigenvalue weighted by atomic mass is 16.6. The predicted octanol–water partition coefficient (Wildman–Crippen LogP) is 2.98.